The van der Waals surface area contributed by atoms with Crippen LogP contribution in [-0.2, 0) is 4.74 Å². The Kier molecular flexibility index (Phi) is 909. The summed E-state index contributed by atoms with van der Waals surface area (Å²) in [6.07, 6.45) is 0. The van der Waals surface area contributed by atoms with Crippen LogP contribution in [-0.4, -0.2) is 26.4 Å². The van der Waals surface area contributed by atoms with Crippen LogP contribution in [0.4, 0.5) is 9.41 Å². The van der Waals surface area contributed by atoms with Gasteiger partial charge in [-0.1, -0.05) is 0 Å². The van der Waals surface area contributed by atoms with E-state index < -0.39 is 0 Å². The molecule has 0 heterocycles. The number of ether oxygens (including phenoxy) is 1. The van der Waals surface area contributed by atoms with Gasteiger partial charge in [0.25, 0.3) is 0 Å². The minimum atomic E-state index is 0. The van der Waals surface area contributed by atoms with Gasteiger partial charge >= 0.3 is 0 Å². The van der Waals surface area contributed by atoms with Crippen molar-refractivity contribution in [2.45, 2.75) is 0 Å². The molecule has 0 fully saturated rings. The first-order chi connectivity index (χ1) is 2.41. The molecule has 0 aromatic carbocycles. The van der Waals surface area contributed by atoms with E-state index in [1.54, 1.807) is 14.2 Å². The number of hydrogen-bond acceptors (Lipinski definition) is 2. The summed E-state index contributed by atoms with van der Waals surface area (Å²) < 4.78 is 4.25. The number of aliphatic hydroxyl groups is 1. The van der Waals surface area contributed by atoms with Crippen molar-refractivity contribution in [3.05, 3.63) is 0 Å². The number of aliphatic hydroxyl groups excluding tert-OH is 1. The largest absolute Gasteiger partial charge is 0.400 e. The van der Waals surface area contributed by atoms with Crippen LogP contribution in [0.5, 0.6) is 0 Å². The van der Waals surface area contributed by atoms with Crippen molar-refractivity contribution in [2.24, 2.45) is 0 Å². The Bertz CT molecular complexity index is 10.9. The number of hydrogen-bond donors (Lipinski definition) is 1. The molecular formula is C3H12F2O2. The Balaban J connectivity index is -0.0000000105. The summed E-state index contributed by atoms with van der Waals surface area (Å²) in [5, 5.41) is 7.00. The predicted octanol–water partition coefficient (Wildman–Crippen LogP) is 0.176. The molecule has 50 valence electrons. The molecule has 7 heavy (non-hydrogen) atoms. The smallest absolute Gasteiger partial charge is 0.0351 e. The summed E-state index contributed by atoms with van der Waals surface area (Å²) in [5.74, 6) is 0. The Morgan fingerprint density at radius 2 is 1.00 bits per heavy atom. The highest BCUT2D eigenvalue weighted by Gasteiger charge is 1.25. The van der Waals surface area contributed by atoms with E-state index >= 15 is 0 Å². The number of halogens is 2. The molecule has 0 saturated heterocycles. The van der Waals surface area contributed by atoms with E-state index in [1.807, 2.05) is 0 Å². The SMILES string of the molecule is CO.COC.F.F. The van der Waals surface area contributed by atoms with E-state index in [9.17, 15) is 0 Å². The molecule has 0 aromatic heterocycles. The van der Waals surface area contributed by atoms with Gasteiger partial charge < -0.3 is 9.84 Å². The number of methoxy groups -OCH3 is 1. The zero-order valence-corrected chi connectivity index (χ0v) is 4.67. The van der Waals surface area contributed by atoms with Crippen molar-refractivity contribution in [3.8, 4) is 0 Å². The minimum Gasteiger partial charge on any atom is -0.400 e. The minimum absolute atomic E-state index is 0. The van der Waals surface area contributed by atoms with Crippen LogP contribution in [0.15, 0.2) is 0 Å². The highest BCUT2D eigenvalue weighted by atomic mass is 19.0. The Morgan fingerprint density at radius 3 is 1.00 bits per heavy atom. The van der Waals surface area contributed by atoms with Crippen molar-refractivity contribution in [1.29, 1.82) is 0 Å². The lowest BCUT2D eigenvalue weighted by molar-refractivity contribution is 0.277. The average Bonchev–Trinajstić information content (AvgIpc) is 1.46. The molecule has 0 amide bonds. The van der Waals surface area contributed by atoms with Gasteiger partial charge in [0.1, 0.15) is 0 Å². The van der Waals surface area contributed by atoms with Crippen molar-refractivity contribution in [3.63, 3.8) is 0 Å². The highest BCUT2D eigenvalue weighted by molar-refractivity contribution is 3.56. The molecule has 0 atom stereocenters. The lowest BCUT2D eigenvalue weighted by atomic mass is 11.6. The third-order valence-electron chi connectivity index (χ3n) is 0. The van der Waals surface area contributed by atoms with Crippen LogP contribution in [0.2, 0.25) is 0 Å². The van der Waals surface area contributed by atoms with Crippen LogP contribution in [0.3, 0.4) is 0 Å². The summed E-state index contributed by atoms with van der Waals surface area (Å²) in [5.41, 5.74) is 0. The maximum Gasteiger partial charge on any atom is 0.0351 e. The standard InChI is InChI=1S/C2H6O.CH4O.2FH/c1-3-2;1-2;;/h1-2H3;2H,1H3;2*1H. The van der Waals surface area contributed by atoms with Gasteiger partial charge in [-0.3, -0.25) is 9.41 Å². The maximum atomic E-state index is 7.00. The fraction of sp³-hybridized carbons (Fsp3) is 1.00. The number of rotatable bonds is 0. The molecular weight excluding hydrogens is 106 g/mol. The molecule has 1 N–H and O–H groups in total. The fourth-order valence-electron chi connectivity index (χ4n) is 0. The topological polar surface area (TPSA) is 29.5 Å². The molecule has 0 aliphatic carbocycles. The van der Waals surface area contributed by atoms with Crippen LogP contribution < -0.4 is 0 Å². The summed E-state index contributed by atoms with van der Waals surface area (Å²) in [6, 6.07) is 0. The molecule has 0 aliphatic heterocycles. The fourth-order valence-corrected chi connectivity index (χ4v) is 0. The van der Waals surface area contributed by atoms with Crippen LogP contribution >= 0.6 is 0 Å². The Labute approximate surface area is 41.8 Å². The third kappa shape index (κ3) is 1710. The van der Waals surface area contributed by atoms with E-state index in [0.29, 0.717) is 0 Å². The van der Waals surface area contributed by atoms with Gasteiger partial charge in [-0.2, -0.15) is 0 Å². The van der Waals surface area contributed by atoms with Gasteiger partial charge in [-0.15, -0.1) is 0 Å². The molecule has 0 aromatic rings. The monoisotopic (exact) mass is 118 g/mol. The molecule has 2 nitrogen and oxygen atoms in total. The van der Waals surface area contributed by atoms with Crippen molar-refractivity contribution < 1.29 is 19.3 Å². The first kappa shape index (κ1) is 29.3. The first-order valence-corrected chi connectivity index (χ1v) is 1.26. The van der Waals surface area contributed by atoms with E-state index in [4.69, 9.17) is 5.11 Å². The summed E-state index contributed by atoms with van der Waals surface area (Å²) in [6.45, 7) is 0. The van der Waals surface area contributed by atoms with Crippen molar-refractivity contribution in [2.75, 3.05) is 21.3 Å². The molecule has 0 spiro atoms. The predicted molar refractivity (Wildman–Crippen MR) is 26.1 cm³/mol. The second kappa shape index (κ2) is 217. The molecule has 0 bridgehead atoms. The van der Waals surface area contributed by atoms with E-state index in [1.165, 1.54) is 0 Å². The summed E-state index contributed by atoms with van der Waals surface area (Å²) in [4.78, 5) is 0. The third-order valence-corrected chi connectivity index (χ3v) is 0. The van der Waals surface area contributed by atoms with Crippen LogP contribution in [0.1, 0.15) is 0 Å². The zero-order valence-electron chi connectivity index (χ0n) is 4.67. The van der Waals surface area contributed by atoms with Crippen LogP contribution in [0.25, 0.3) is 0 Å². The molecule has 4 heteroatoms. The molecule has 0 rings (SSSR count). The average molecular weight is 118 g/mol. The van der Waals surface area contributed by atoms with E-state index in [2.05, 4.69) is 4.74 Å². The zero-order chi connectivity index (χ0) is 4.71. The quantitative estimate of drug-likeness (QED) is 0.491. The highest BCUT2D eigenvalue weighted by Crippen LogP contribution is 1.28. The first-order valence-electron chi connectivity index (χ1n) is 1.26. The van der Waals surface area contributed by atoms with Gasteiger partial charge in [-0.25, -0.2) is 0 Å². The summed E-state index contributed by atoms with van der Waals surface area (Å²) >= 11 is 0. The van der Waals surface area contributed by atoms with Gasteiger partial charge in [-0.05, 0) is 0 Å². The van der Waals surface area contributed by atoms with Gasteiger partial charge in [0, 0.05) is 21.3 Å². The lowest BCUT2D eigenvalue weighted by Crippen LogP contribution is -1.55. The maximum absolute atomic E-state index is 7.00. The second-order valence-electron chi connectivity index (χ2n) is 0.408. The Morgan fingerprint density at radius 1 is 1.00 bits per heavy atom. The van der Waals surface area contributed by atoms with Gasteiger partial charge in [0.15, 0.2) is 0 Å². The molecule has 0 saturated carbocycles. The second-order valence-corrected chi connectivity index (χ2v) is 0.408. The van der Waals surface area contributed by atoms with E-state index in [0.717, 1.165) is 7.11 Å². The normalized spacial score (nSPS) is 3.43. The molecule has 0 unspecified atom stereocenters. The van der Waals surface area contributed by atoms with Crippen LogP contribution in [0, 0.1) is 0 Å². The molecule has 0 aliphatic rings. The van der Waals surface area contributed by atoms with Gasteiger partial charge in [0.2, 0.25) is 0 Å². The van der Waals surface area contributed by atoms with Crippen molar-refractivity contribution in [1.82, 2.24) is 0 Å². The van der Waals surface area contributed by atoms with E-state index in [-0.39, 0.29) is 9.41 Å². The van der Waals surface area contributed by atoms with Gasteiger partial charge in [0.05, 0.1) is 0 Å². The summed E-state index contributed by atoms with van der Waals surface area (Å²) in [7, 11) is 4.25. The lowest BCUT2D eigenvalue weighted by Gasteiger charge is -1.61. The molecule has 0 radical (unpaired) electrons. The van der Waals surface area contributed by atoms with Crippen molar-refractivity contribution >= 4 is 0 Å². The Hall–Kier alpha value is -0.220.